The Morgan fingerprint density at radius 3 is 2.78 bits per heavy atom. The molecule has 5 heteroatoms. The molecule has 0 bridgehead atoms. The highest BCUT2D eigenvalue weighted by atomic mass is 16.5. The van der Waals surface area contributed by atoms with E-state index in [-0.39, 0.29) is 11.3 Å². The summed E-state index contributed by atoms with van der Waals surface area (Å²) in [4.78, 5) is 15.0. The molecule has 0 saturated heterocycles. The molecule has 18 heavy (non-hydrogen) atoms. The van der Waals surface area contributed by atoms with Gasteiger partial charge in [0.2, 0.25) is 0 Å². The molecule has 2 aromatic rings. The number of pyridine rings is 1. The number of carboxylic acids is 1. The maximum atomic E-state index is 11.0. The van der Waals surface area contributed by atoms with E-state index >= 15 is 0 Å². The number of nitrogens with two attached hydrogens (primary N) is 1. The van der Waals surface area contributed by atoms with Gasteiger partial charge in [-0.2, -0.15) is 0 Å². The second-order valence-electron chi connectivity index (χ2n) is 3.59. The topological polar surface area (TPSA) is 85.4 Å². The molecule has 0 spiro atoms. The van der Waals surface area contributed by atoms with Crippen molar-refractivity contribution in [2.45, 2.75) is 6.54 Å². The van der Waals surface area contributed by atoms with Gasteiger partial charge in [0.15, 0.2) is 0 Å². The lowest BCUT2D eigenvalue weighted by Crippen LogP contribution is -2.03. The quantitative estimate of drug-likeness (QED) is 0.859. The van der Waals surface area contributed by atoms with Crippen LogP contribution in [0.2, 0.25) is 0 Å². The predicted molar refractivity (Wildman–Crippen MR) is 65.6 cm³/mol. The Morgan fingerprint density at radius 1 is 1.28 bits per heavy atom. The molecule has 3 N–H and O–H groups in total. The lowest BCUT2D eigenvalue weighted by molar-refractivity contribution is 0.0694. The Bertz CT molecular complexity index is 570. The van der Waals surface area contributed by atoms with Crippen molar-refractivity contribution in [3.63, 3.8) is 0 Å². The molecule has 0 atom stereocenters. The Labute approximate surface area is 104 Å². The van der Waals surface area contributed by atoms with Crippen LogP contribution in [0.1, 0.15) is 15.9 Å². The average Bonchev–Trinajstić information content (AvgIpc) is 2.40. The van der Waals surface area contributed by atoms with Crippen molar-refractivity contribution in [1.29, 1.82) is 0 Å². The number of carboxylic acid groups (broad SMARTS) is 1. The third-order valence-corrected chi connectivity index (χ3v) is 2.43. The van der Waals surface area contributed by atoms with E-state index in [1.165, 1.54) is 12.3 Å². The Kier molecular flexibility index (Phi) is 3.54. The monoisotopic (exact) mass is 244 g/mol. The number of benzene rings is 1. The second-order valence-corrected chi connectivity index (χ2v) is 3.59. The van der Waals surface area contributed by atoms with Crippen LogP contribution in [0, 0.1) is 0 Å². The third kappa shape index (κ3) is 2.46. The number of aromatic carboxylic acids is 1. The standard InChI is InChI=1S/C13H12N2O3/c14-7-9-5-6-15-8-12(9)18-11-4-2-1-3-10(11)13(16)17/h1-6,8H,7,14H2,(H,16,17). The fourth-order valence-electron chi connectivity index (χ4n) is 1.52. The molecule has 1 aromatic heterocycles. The van der Waals surface area contributed by atoms with E-state index in [1.54, 1.807) is 30.5 Å². The number of hydrogen-bond donors (Lipinski definition) is 2. The summed E-state index contributed by atoms with van der Waals surface area (Å²) in [6.07, 6.45) is 3.12. The molecular weight excluding hydrogens is 232 g/mol. The Morgan fingerprint density at radius 2 is 2.06 bits per heavy atom. The second kappa shape index (κ2) is 5.29. The van der Waals surface area contributed by atoms with Gasteiger partial charge in [0, 0.05) is 18.3 Å². The first-order chi connectivity index (χ1) is 8.72. The maximum Gasteiger partial charge on any atom is 0.339 e. The Balaban J connectivity index is 2.37. The number of hydrogen-bond acceptors (Lipinski definition) is 4. The molecule has 0 aliphatic heterocycles. The van der Waals surface area contributed by atoms with E-state index < -0.39 is 5.97 Å². The van der Waals surface area contributed by atoms with E-state index in [0.717, 1.165) is 5.56 Å². The van der Waals surface area contributed by atoms with Crippen molar-refractivity contribution < 1.29 is 14.6 Å². The third-order valence-electron chi connectivity index (χ3n) is 2.43. The lowest BCUT2D eigenvalue weighted by atomic mass is 10.2. The highest BCUT2D eigenvalue weighted by Gasteiger charge is 2.12. The molecule has 0 saturated carbocycles. The molecule has 0 fully saturated rings. The van der Waals surface area contributed by atoms with Gasteiger partial charge in [-0.1, -0.05) is 12.1 Å². The van der Waals surface area contributed by atoms with Gasteiger partial charge in [-0.3, -0.25) is 4.98 Å². The molecule has 0 amide bonds. The zero-order valence-corrected chi connectivity index (χ0v) is 9.54. The van der Waals surface area contributed by atoms with Crippen molar-refractivity contribution in [1.82, 2.24) is 4.98 Å². The van der Waals surface area contributed by atoms with Crippen LogP contribution in [0.25, 0.3) is 0 Å². The first-order valence-electron chi connectivity index (χ1n) is 5.35. The Hall–Kier alpha value is -2.40. The fourth-order valence-corrected chi connectivity index (χ4v) is 1.52. The van der Waals surface area contributed by atoms with Crippen molar-refractivity contribution >= 4 is 5.97 Å². The molecular formula is C13H12N2O3. The van der Waals surface area contributed by atoms with E-state index in [2.05, 4.69) is 4.98 Å². The summed E-state index contributed by atoms with van der Waals surface area (Å²) in [7, 11) is 0. The highest BCUT2D eigenvalue weighted by molar-refractivity contribution is 5.90. The van der Waals surface area contributed by atoms with Gasteiger partial charge in [-0.25, -0.2) is 4.79 Å². The van der Waals surface area contributed by atoms with Crippen LogP contribution in [0.15, 0.2) is 42.7 Å². The number of ether oxygens (including phenoxy) is 1. The van der Waals surface area contributed by atoms with Gasteiger partial charge < -0.3 is 15.6 Å². The van der Waals surface area contributed by atoms with E-state index in [4.69, 9.17) is 15.6 Å². The first-order valence-corrected chi connectivity index (χ1v) is 5.35. The summed E-state index contributed by atoms with van der Waals surface area (Å²) in [5.41, 5.74) is 6.45. The molecule has 2 rings (SSSR count). The van der Waals surface area contributed by atoms with Crippen LogP contribution in [0.5, 0.6) is 11.5 Å². The zero-order chi connectivity index (χ0) is 13.0. The van der Waals surface area contributed by atoms with Crippen molar-refractivity contribution in [2.75, 3.05) is 0 Å². The van der Waals surface area contributed by atoms with Gasteiger partial charge in [-0.15, -0.1) is 0 Å². The lowest BCUT2D eigenvalue weighted by Gasteiger charge is -2.10. The molecule has 1 heterocycles. The minimum absolute atomic E-state index is 0.101. The molecule has 0 aliphatic rings. The summed E-state index contributed by atoms with van der Waals surface area (Å²) < 4.78 is 5.57. The van der Waals surface area contributed by atoms with Gasteiger partial charge in [0.05, 0.1) is 6.20 Å². The highest BCUT2D eigenvalue weighted by Crippen LogP contribution is 2.27. The summed E-state index contributed by atoms with van der Waals surface area (Å²) in [5, 5.41) is 9.05. The van der Waals surface area contributed by atoms with Crippen molar-refractivity contribution in [3.8, 4) is 11.5 Å². The van der Waals surface area contributed by atoms with Crippen LogP contribution < -0.4 is 10.5 Å². The molecule has 5 nitrogen and oxygen atoms in total. The van der Waals surface area contributed by atoms with Gasteiger partial charge in [-0.05, 0) is 18.2 Å². The molecule has 1 aromatic carbocycles. The summed E-state index contributed by atoms with van der Waals surface area (Å²) >= 11 is 0. The number of carbonyl (C=O) groups is 1. The largest absolute Gasteiger partial charge is 0.478 e. The summed E-state index contributed by atoms with van der Waals surface area (Å²) in [6, 6.07) is 8.16. The number of rotatable bonds is 4. The van der Waals surface area contributed by atoms with Crippen LogP contribution in [0.3, 0.4) is 0 Å². The van der Waals surface area contributed by atoms with E-state index in [1.807, 2.05) is 0 Å². The zero-order valence-electron chi connectivity index (χ0n) is 9.54. The SMILES string of the molecule is NCc1ccncc1Oc1ccccc1C(=O)O. The predicted octanol–water partition coefficient (Wildman–Crippen LogP) is 2.03. The molecule has 0 radical (unpaired) electrons. The van der Waals surface area contributed by atoms with Crippen LogP contribution in [-0.4, -0.2) is 16.1 Å². The van der Waals surface area contributed by atoms with Crippen molar-refractivity contribution in [2.24, 2.45) is 5.73 Å². The van der Waals surface area contributed by atoms with Gasteiger partial charge in [0.25, 0.3) is 0 Å². The van der Waals surface area contributed by atoms with Gasteiger partial charge >= 0.3 is 5.97 Å². The fraction of sp³-hybridized carbons (Fsp3) is 0.0769. The average molecular weight is 244 g/mol. The van der Waals surface area contributed by atoms with Crippen LogP contribution in [0.4, 0.5) is 0 Å². The summed E-state index contributed by atoms with van der Waals surface area (Å²) in [5.74, 6) is -0.301. The first kappa shape index (κ1) is 12.1. The molecule has 0 aliphatic carbocycles. The van der Waals surface area contributed by atoms with Gasteiger partial charge in [0.1, 0.15) is 17.1 Å². The van der Waals surface area contributed by atoms with E-state index in [9.17, 15) is 4.79 Å². The normalized spacial score (nSPS) is 10.1. The molecule has 0 unspecified atom stereocenters. The minimum Gasteiger partial charge on any atom is -0.478 e. The van der Waals surface area contributed by atoms with Crippen LogP contribution in [-0.2, 0) is 6.54 Å². The smallest absolute Gasteiger partial charge is 0.339 e. The molecule has 92 valence electrons. The van der Waals surface area contributed by atoms with E-state index in [0.29, 0.717) is 12.3 Å². The number of aromatic nitrogens is 1. The maximum absolute atomic E-state index is 11.0. The minimum atomic E-state index is -1.04. The number of nitrogens with zero attached hydrogens (tertiary/aromatic N) is 1. The van der Waals surface area contributed by atoms with Crippen molar-refractivity contribution in [3.05, 3.63) is 53.9 Å². The number of para-hydroxylation sites is 1. The van der Waals surface area contributed by atoms with Crippen LogP contribution >= 0.6 is 0 Å². The summed E-state index contributed by atoms with van der Waals surface area (Å²) in [6.45, 7) is 0.299.